The van der Waals surface area contributed by atoms with E-state index in [1.54, 1.807) is 16.2 Å². The van der Waals surface area contributed by atoms with E-state index in [0.717, 1.165) is 13.0 Å². The van der Waals surface area contributed by atoms with Crippen LogP contribution in [-0.2, 0) is 11.2 Å². The van der Waals surface area contributed by atoms with E-state index in [1.807, 2.05) is 20.0 Å². The number of carbonyl (C=O) groups excluding carboxylic acids is 1. The molecule has 5 heteroatoms. The van der Waals surface area contributed by atoms with Crippen molar-refractivity contribution in [1.82, 2.24) is 4.90 Å². The van der Waals surface area contributed by atoms with Crippen molar-refractivity contribution in [2.75, 3.05) is 13.6 Å². The van der Waals surface area contributed by atoms with Crippen LogP contribution in [0, 0.1) is 0 Å². The van der Waals surface area contributed by atoms with E-state index < -0.39 is 0 Å². The van der Waals surface area contributed by atoms with E-state index in [0.29, 0.717) is 6.42 Å². The Kier molecular flexibility index (Phi) is 7.38. The Morgan fingerprint density at radius 2 is 2.31 bits per heavy atom. The van der Waals surface area contributed by atoms with Crippen LogP contribution in [0.5, 0.6) is 0 Å². The van der Waals surface area contributed by atoms with Gasteiger partial charge in [-0.15, -0.1) is 23.7 Å². The SMILES string of the molecule is CC[C@H](N)C(=O)N(C)CCc1cccs1.Cl. The molecule has 1 aromatic heterocycles. The Labute approximate surface area is 107 Å². The van der Waals surface area contributed by atoms with E-state index in [4.69, 9.17) is 5.73 Å². The predicted octanol–water partition coefficient (Wildman–Crippen LogP) is 1.91. The maximum atomic E-state index is 11.6. The Morgan fingerprint density at radius 3 is 2.81 bits per heavy atom. The summed E-state index contributed by atoms with van der Waals surface area (Å²) in [6, 6.07) is 3.76. The molecule has 2 N–H and O–H groups in total. The summed E-state index contributed by atoms with van der Waals surface area (Å²) in [5, 5.41) is 2.05. The van der Waals surface area contributed by atoms with Gasteiger partial charge in [-0.1, -0.05) is 13.0 Å². The van der Waals surface area contributed by atoms with Gasteiger partial charge in [0, 0.05) is 18.5 Å². The average molecular weight is 263 g/mol. The molecule has 1 amide bonds. The first-order chi connectivity index (χ1) is 7.15. The molecule has 0 saturated carbocycles. The van der Waals surface area contributed by atoms with Crippen molar-refractivity contribution in [3.05, 3.63) is 22.4 Å². The van der Waals surface area contributed by atoms with Crippen LogP contribution < -0.4 is 5.73 Å². The van der Waals surface area contributed by atoms with Gasteiger partial charge in [-0.2, -0.15) is 0 Å². The first-order valence-electron chi connectivity index (χ1n) is 5.18. The van der Waals surface area contributed by atoms with E-state index in [1.165, 1.54) is 4.88 Å². The molecule has 0 unspecified atom stereocenters. The number of thiophene rings is 1. The highest BCUT2D eigenvalue weighted by atomic mass is 35.5. The number of nitrogens with two attached hydrogens (primary N) is 1. The lowest BCUT2D eigenvalue weighted by Gasteiger charge is -2.20. The number of rotatable bonds is 5. The van der Waals surface area contributed by atoms with Gasteiger partial charge < -0.3 is 10.6 Å². The van der Waals surface area contributed by atoms with Gasteiger partial charge in [-0.3, -0.25) is 4.79 Å². The highest BCUT2D eigenvalue weighted by Crippen LogP contribution is 2.09. The highest BCUT2D eigenvalue weighted by molar-refractivity contribution is 7.09. The minimum absolute atomic E-state index is 0. The lowest BCUT2D eigenvalue weighted by molar-refractivity contribution is -0.131. The van der Waals surface area contributed by atoms with Crippen molar-refractivity contribution >= 4 is 29.7 Å². The molecule has 1 heterocycles. The van der Waals surface area contributed by atoms with Gasteiger partial charge >= 0.3 is 0 Å². The van der Waals surface area contributed by atoms with Crippen LogP contribution in [0.2, 0.25) is 0 Å². The van der Waals surface area contributed by atoms with E-state index >= 15 is 0 Å². The fourth-order valence-electron chi connectivity index (χ4n) is 1.30. The van der Waals surface area contributed by atoms with Gasteiger partial charge in [0.15, 0.2) is 0 Å². The number of amides is 1. The van der Waals surface area contributed by atoms with E-state index in [9.17, 15) is 4.79 Å². The molecule has 0 bridgehead atoms. The van der Waals surface area contributed by atoms with Crippen LogP contribution in [0.1, 0.15) is 18.2 Å². The molecule has 16 heavy (non-hydrogen) atoms. The monoisotopic (exact) mass is 262 g/mol. The third-order valence-corrected chi connectivity index (χ3v) is 3.34. The summed E-state index contributed by atoms with van der Waals surface area (Å²) in [4.78, 5) is 14.7. The summed E-state index contributed by atoms with van der Waals surface area (Å²) in [6.07, 6.45) is 1.61. The topological polar surface area (TPSA) is 46.3 Å². The van der Waals surface area contributed by atoms with Crippen LogP contribution in [0.3, 0.4) is 0 Å². The molecule has 92 valence electrons. The Balaban J connectivity index is 0.00000225. The van der Waals surface area contributed by atoms with Gasteiger partial charge in [-0.05, 0) is 24.3 Å². The molecule has 0 spiro atoms. The molecule has 0 radical (unpaired) electrons. The number of nitrogens with zero attached hydrogens (tertiary/aromatic N) is 1. The highest BCUT2D eigenvalue weighted by Gasteiger charge is 2.15. The fraction of sp³-hybridized carbons (Fsp3) is 0.545. The van der Waals surface area contributed by atoms with Gasteiger partial charge in [-0.25, -0.2) is 0 Å². The zero-order chi connectivity index (χ0) is 11.3. The van der Waals surface area contributed by atoms with Crippen LogP contribution in [0.15, 0.2) is 17.5 Å². The van der Waals surface area contributed by atoms with Crippen molar-refractivity contribution in [3.63, 3.8) is 0 Å². The Hall–Kier alpha value is -0.580. The zero-order valence-electron chi connectivity index (χ0n) is 9.68. The van der Waals surface area contributed by atoms with Crippen LogP contribution in [-0.4, -0.2) is 30.4 Å². The lowest BCUT2D eigenvalue weighted by Crippen LogP contribution is -2.42. The molecule has 0 saturated heterocycles. The summed E-state index contributed by atoms with van der Waals surface area (Å²) in [6.45, 7) is 2.67. The summed E-state index contributed by atoms with van der Waals surface area (Å²) >= 11 is 1.72. The fourth-order valence-corrected chi connectivity index (χ4v) is 2.00. The Bertz CT molecular complexity index is 303. The number of halogens is 1. The third kappa shape index (κ3) is 4.51. The first kappa shape index (κ1) is 15.4. The van der Waals surface area contributed by atoms with E-state index in [-0.39, 0.29) is 24.4 Å². The molecule has 1 aromatic rings. The van der Waals surface area contributed by atoms with Crippen molar-refractivity contribution in [1.29, 1.82) is 0 Å². The van der Waals surface area contributed by atoms with Crippen LogP contribution in [0.4, 0.5) is 0 Å². The van der Waals surface area contributed by atoms with E-state index in [2.05, 4.69) is 11.4 Å². The zero-order valence-corrected chi connectivity index (χ0v) is 11.3. The summed E-state index contributed by atoms with van der Waals surface area (Å²) in [5.74, 6) is 0.0362. The second-order valence-corrected chi connectivity index (χ2v) is 4.64. The largest absolute Gasteiger partial charge is 0.344 e. The number of likely N-dealkylation sites (N-methyl/N-ethyl adjacent to an activating group) is 1. The molecule has 0 fully saturated rings. The number of carbonyl (C=O) groups is 1. The summed E-state index contributed by atoms with van der Waals surface area (Å²) in [7, 11) is 1.81. The molecule has 1 atom stereocenters. The molecular weight excluding hydrogens is 244 g/mol. The maximum Gasteiger partial charge on any atom is 0.239 e. The molecule has 1 rings (SSSR count). The maximum absolute atomic E-state index is 11.6. The number of hydrogen-bond donors (Lipinski definition) is 1. The molecule has 3 nitrogen and oxygen atoms in total. The molecule has 0 aliphatic rings. The summed E-state index contributed by atoms with van der Waals surface area (Å²) < 4.78 is 0. The van der Waals surface area contributed by atoms with Gasteiger partial charge in [0.2, 0.25) is 5.91 Å². The predicted molar refractivity (Wildman–Crippen MR) is 71.2 cm³/mol. The average Bonchev–Trinajstić information content (AvgIpc) is 2.76. The standard InChI is InChI=1S/C11H18N2OS.ClH/c1-3-10(12)11(14)13(2)7-6-9-5-4-8-15-9;/h4-5,8,10H,3,6-7,12H2,1-2H3;1H/t10-;/m0./s1. The first-order valence-corrected chi connectivity index (χ1v) is 6.06. The molecule has 0 aromatic carbocycles. The van der Waals surface area contributed by atoms with Crippen LogP contribution in [0.25, 0.3) is 0 Å². The molecule has 0 aliphatic carbocycles. The molecule has 0 aliphatic heterocycles. The second-order valence-electron chi connectivity index (χ2n) is 3.60. The third-order valence-electron chi connectivity index (χ3n) is 2.41. The summed E-state index contributed by atoms with van der Waals surface area (Å²) in [5.41, 5.74) is 5.68. The lowest BCUT2D eigenvalue weighted by atomic mass is 10.2. The van der Waals surface area contributed by atoms with Crippen LogP contribution >= 0.6 is 23.7 Å². The van der Waals surface area contributed by atoms with Crippen molar-refractivity contribution < 1.29 is 4.79 Å². The minimum atomic E-state index is -0.349. The van der Waals surface area contributed by atoms with Gasteiger partial charge in [0.1, 0.15) is 0 Å². The smallest absolute Gasteiger partial charge is 0.239 e. The Morgan fingerprint density at radius 1 is 1.62 bits per heavy atom. The molecular formula is C11H19ClN2OS. The van der Waals surface area contributed by atoms with Gasteiger partial charge in [0.25, 0.3) is 0 Å². The van der Waals surface area contributed by atoms with Crippen molar-refractivity contribution in [3.8, 4) is 0 Å². The minimum Gasteiger partial charge on any atom is -0.344 e. The second kappa shape index (κ2) is 7.65. The van der Waals surface area contributed by atoms with Crippen molar-refractivity contribution in [2.24, 2.45) is 5.73 Å². The quantitative estimate of drug-likeness (QED) is 0.881. The van der Waals surface area contributed by atoms with Crippen molar-refractivity contribution in [2.45, 2.75) is 25.8 Å². The number of hydrogen-bond acceptors (Lipinski definition) is 3. The van der Waals surface area contributed by atoms with Gasteiger partial charge in [0.05, 0.1) is 6.04 Å². The normalized spacial score (nSPS) is 11.7.